The maximum atomic E-state index is 12.5. The lowest BCUT2D eigenvalue weighted by Crippen LogP contribution is -2.29. The highest BCUT2D eigenvalue weighted by Crippen LogP contribution is 2.14. The van der Waals surface area contributed by atoms with Crippen molar-refractivity contribution >= 4 is 17.2 Å². The van der Waals surface area contributed by atoms with Gasteiger partial charge in [0.25, 0.3) is 5.91 Å². The summed E-state index contributed by atoms with van der Waals surface area (Å²) in [5.74, 6) is -0.573. The first-order chi connectivity index (χ1) is 6.19. The molecule has 0 aromatic carbocycles. The number of carbonyl (C=O) groups is 1. The first-order valence-corrected chi connectivity index (χ1v) is 4.97. The molecule has 71 valence electrons. The Hall–Kier alpha value is -0.900. The van der Waals surface area contributed by atoms with E-state index in [2.05, 4.69) is 5.38 Å². The van der Waals surface area contributed by atoms with E-state index in [1.54, 1.807) is 4.90 Å². The summed E-state index contributed by atoms with van der Waals surface area (Å²) in [5, 5.41) is 2.38. The second kappa shape index (κ2) is 4.37. The molecule has 0 fully saturated rings. The van der Waals surface area contributed by atoms with Crippen LogP contribution >= 0.6 is 11.3 Å². The van der Waals surface area contributed by atoms with Crippen LogP contribution in [-0.2, 0) is 0 Å². The number of nitrogens with zero attached hydrogens (tertiary/aromatic N) is 1. The molecule has 0 saturated carbocycles. The average Bonchev–Trinajstić information content (AvgIpc) is 2.54. The minimum absolute atomic E-state index is 0.116. The van der Waals surface area contributed by atoms with Crippen molar-refractivity contribution in [2.45, 2.75) is 13.8 Å². The third kappa shape index (κ3) is 2.28. The van der Waals surface area contributed by atoms with E-state index in [9.17, 15) is 9.18 Å². The summed E-state index contributed by atoms with van der Waals surface area (Å²) in [5.41, 5.74) is 0. The fraction of sp³-hybridized carbons (Fsp3) is 0.444. The van der Waals surface area contributed by atoms with Crippen molar-refractivity contribution in [2.24, 2.45) is 0 Å². The number of hydrogen-bond donors (Lipinski definition) is 0. The molecule has 1 radical (unpaired) electrons. The molecule has 0 aliphatic carbocycles. The van der Waals surface area contributed by atoms with Gasteiger partial charge in [0.15, 0.2) is 0 Å². The van der Waals surface area contributed by atoms with Crippen molar-refractivity contribution in [3.8, 4) is 0 Å². The Labute approximate surface area is 81.0 Å². The molecule has 0 bridgehead atoms. The molecule has 13 heavy (non-hydrogen) atoms. The van der Waals surface area contributed by atoms with E-state index < -0.39 is 5.82 Å². The van der Waals surface area contributed by atoms with Gasteiger partial charge in [-0.05, 0) is 19.9 Å². The van der Waals surface area contributed by atoms with Crippen molar-refractivity contribution in [3.63, 3.8) is 0 Å². The summed E-state index contributed by atoms with van der Waals surface area (Å²) in [6, 6.07) is 1.23. The molecule has 1 amide bonds. The predicted molar refractivity (Wildman–Crippen MR) is 50.4 cm³/mol. The molecular weight excluding hydrogens is 189 g/mol. The van der Waals surface area contributed by atoms with E-state index >= 15 is 0 Å². The molecule has 0 atom stereocenters. The summed E-state index contributed by atoms with van der Waals surface area (Å²) in [6.45, 7) is 5.09. The van der Waals surface area contributed by atoms with Crippen molar-refractivity contribution in [1.82, 2.24) is 4.90 Å². The summed E-state index contributed by atoms with van der Waals surface area (Å²) in [6.07, 6.45) is 0. The van der Waals surface area contributed by atoms with Crippen LogP contribution in [0.1, 0.15) is 23.5 Å². The van der Waals surface area contributed by atoms with Crippen LogP contribution < -0.4 is 0 Å². The molecule has 2 nitrogen and oxygen atoms in total. The zero-order valence-corrected chi connectivity index (χ0v) is 8.45. The molecular formula is C9H11FNOS. The van der Waals surface area contributed by atoms with Gasteiger partial charge in [-0.1, -0.05) is 0 Å². The average molecular weight is 200 g/mol. The molecule has 0 N–H and O–H groups in total. The van der Waals surface area contributed by atoms with Gasteiger partial charge in [-0.25, -0.2) is 4.39 Å². The normalized spacial score (nSPS) is 10.1. The summed E-state index contributed by atoms with van der Waals surface area (Å²) in [4.78, 5) is 13.6. The van der Waals surface area contributed by atoms with Crippen LogP contribution in [0.5, 0.6) is 0 Å². The zero-order valence-electron chi connectivity index (χ0n) is 7.63. The highest BCUT2D eigenvalue weighted by atomic mass is 32.1. The van der Waals surface area contributed by atoms with Gasteiger partial charge in [-0.15, -0.1) is 11.3 Å². The number of thiophene rings is 1. The fourth-order valence-corrected chi connectivity index (χ4v) is 1.69. The largest absolute Gasteiger partial charge is 0.339 e. The molecule has 0 aliphatic heterocycles. The third-order valence-corrected chi connectivity index (χ3v) is 2.59. The van der Waals surface area contributed by atoms with Gasteiger partial charge in [0, 0.05) is 13.1 Å². The Bertz CT molecular complexity index is 294. The zero-order chi connectivity index (χ0) is 9.84. The Morgan fingerprint density at radius 3 is 2.62 bits per heavy atom. The molecule has 4 heteroatoms. The van der Waals surface area contributed by atoms with E-state index in [1.807, 2.05) is 13.8 Å². The fourth-order valence-electron chi connectivity index (χ4n) is 1.05. The first kappa shape index (κ1) is 10.2. The van der Waals surface area contributed by atoms with Gasteiger partial charge >= 0.3 is 0 Å². The lowest BCUT2D eigenvalue weighted by atomic mass is 10.4. The molecule has 1 rings (SSSR count). The number of halogens is 1. The van der Waals surface area contributed by atoms with Crippen molar-refractivity contribution < 1.29 is 9.18 Å². The number of amides is 1. The molecule has 1 heterocycles. The monoisotopic (exact) mass is 200 g/mol. The van der Waals surface area contributed by atoms with Gasteiger partial charge in [0.1, 0.15) is 5.82 Å². The van der Waals surface area contributed by atoms with Gasteiger partial charge < -0.3 is 4.90 Å². The van der Waals surface area contributed by atoms with Crippen LogP contribution in [0, 0.1) is 11.2 Å². The first-order valence-electron chi connectivity index (χ1n) is 4.15. The van der Waals surface area contributed by atoms with Gasteiger partial charge in [0.2, 0.25) is 0 Å². The molecule has 1 aromatic rings. The molecule has 0 saturated heterocycles. The van der Waals surface area contributed by atoms with Crippen LogP contribution in [0.2, 0.25) is 0 Å². The van der Waals surface area contributed by atoms with E-state index in [-0.39, 0.29) is 5.91 Å². The van der Waals surface area contributed by atoms with Gasteiger partial charge in [-0.3, -0.25) is 4.79 Å². The minimum Gasteiger partial charge on any atom is -0.339 e. The minimum atomic E-state index is -0.458. The number of hydrogen-bond acceptors (Lipinski definition) is 2. The smallest absolute Gasteiger partial charge is 0.264 e. The van der Waals surface area contributed by atoms with E-state index in [1.165, 1.54) is 6.07 Å². The van der Waals surface area contributed by atoms with Crippen molar-refractivity contribution in [1.29, 1.82) is 0 Å². The van der Waals surface area contributed by atoms with Crippen molar-refractivity contribution in [2.75, 3.05) is 13.1 Å². The second-order valence-electron chi connectivity index (χ2n) is 2.54. The molecule has 0 unspecified atom stereocenters. The van der Waals surface area contributed by atoms with Crippen LogP contribution in [0.25, 0.3) is 0 Å². The van der Waals surface area contributed by atoms with Crippen LogP contribution in [0.4, 0.5) is 4.39 Å². The Kier molecular flexibility index (Phi) is 3.42. The lowest BCUT2D eigenvalue weighted by Gasteiger charge is -2.16. The van der Waals surface area contributed by atoms with Crippen LogP contribution in [0.15, 0.2) is 6.07 Å². The van der Waals surface area contributed by atoms with Crippen molar-refractivity contribution in [3.05, 3.63) is 22.1 Å². The molecule has 0 aliphatic rings. The number of carbonyl (C=O) groups excluding carboxylic acids is 1. The highest BCUT2D eigenvalue weighted by molar-refractivity contribution is 7.11. The van der Waals surface area contributed by atoms with Crippen LogP contribution in [-0.4, -0.2) is 23.9 Å². The highest BCUT2D eigenvalue weighted by Gasteiger charge is 2.14. The summed E-state index contributed by atoms with van der Waals surface area (Å²) < 4.78 is 12.5. The standard InChI is InChI=1S/C9H11FNOS/c1-3-11(4-2)9(12)8-5-7(10)6-13-8/h5H,3-4H2,1-2H3. The Morgan fingerprint density at radius 1 is 1.62 bits per heavy atom. The predicted octanol–water partition coefficient (Wildman–Crippen LogP) is 2.17. The number of rotatable bonds is 3. The lowest BCUT2D eigenvalue weighted by molar-refractivity contribution is 0.0777. The molecule has 0 spiro atoms. The molecule has 1 aromatic heterocycles. The third-order valence-electron chi connectivity index (χ3n) is 1.78. The van der Waals surface area contributed by atoms with E-state index in [0.29, 0.717) is 18.0 Å². The maximum Gasteiger partial charge on any atom is 0.264 e. The summed E-state index contributed by atoms with van der Waals surface area (Å²) >= 11 is 1.03. The second-order valence-corrected chi connectivity index (χ2v) is 3.39. The van der Waals surface area contributed by atoms with E-state index in [0.717, 1.165) is 11.3 Å². The Morgan fingerprint density at radius 2 is 2.23 bits per heavy atom. The quantitative estimate of drug-likeness (QED) is 0.732. The van der Waals surface area contributed by atoms with Gasteiger partial charge in [-0.2, -0.15) is 0 Å². The maximum absolute atomic E-state index is 12.5. The topological polar surface area (TPSA) is 20.3 Å². The summed E-state index contributed by atoms with van der Waals surface area (Å²) in [7, 11) is 0. The van der Waals surface area contributed by atoms with Crippen LogP contribution in [0.3, 0.4) is 0 Å². The van der Waals surface area contributed by atoms with E-state index in [4.69, 9.17) is 0 Å². The Balaban J connectivity index is 2.78. The van der Waals surface area contributed by atoms with Gasteiger partial charge in [0.05, 0.1) is 10.3 Å². The SMILES string of the molecule is CCN(CC)C(=O)c1cc(F)[c]s1.